The predicted octanol–water partition coefficient (Wildman–Crippen LogP) is 2.77. The van der Waals surface area contributed by atoms with Crippen LogP contribution in [0.2, 0.25) is 0 Å². The summed E-state index contributed by atoms with van der Waals surface area (Å²) in [5, 5.41) is 13.9. The fourth-order valence-corrected chi connectivity index (χ4v) is 2.95. The Kier molecular flexibility index (Phi) is 5.52. The van der Waals surface area contributed by atoms with Crippen molar-refractivity contribution in [3.05, 3.63) is 58.1 Å². The summed E-state index contributed by atoms with van der Waals surface area (Å²) in [5.74, 6) is -1.77. The highest BCUT2D eigenvalue weighted by Crippen LogP contribution is 2.31. The summed E-state index contributed by atoms with van der Waals surface area (Å²) in [6, 6.07) is 6.69. The molecule has 0 amide bonds. The molecule has 1 N–H and O–H groups in total. The van der Waals surface area contributed by atoms with Gasteiger partial charge >= 0.3 is 5.69 Å². The van der Waals surface area contributed by atoms with Gasteiger partial charge in [-0.1, -0.05) is 6.07 Å². The zero-order valence-corrected chi connectivity index (χ0v) is 13.8. The average Bonchev–Trinajstić information content (AvgIpc) is 2.51. The van der Waals surface area contributed by atoms with Gasteiger partial charge in [-0.2, -0.15) is 0 Å². The van der Waals surface area contributed by atoms with E-state index < -0.39 is 37.0 Å². The zero-order chi connectivity index (χ0) is 18.6. The fraction of sp³-hybridized carbons (Fsp3) is 0.200. The topological polar surface area (TPSA) is 98.5 Å². The van der Waals surface area contributed by atoms with Crippen LogP contribution in [0.5, 0.6) is 5.75 Å². The van der Waals surface area contributed by atoms with Crippen LogP contribution in [0.1, 0.15) is 0 Å². The lowest BCUT2D eigenvalue weighted by molar-refractivity contribution is -0.386. The molecule has 0 aliphatic rings. The molecule has 2 aromatic carbocycles. The first-order valence-corrected chi connectivity index (χ1v) is 8.88. The summed E-state index contributed by atoms with van der Waals surface area (Å²) in [7, 11) is -3.78. The van der Waals surface area contributed by atoms with E-state index in [9.17, 15) is 27.3 Å². The summed E-state index contributed by atoms with van der Waals surface area (Å²) in [5.41, 5.74) is -0.575. The van der Waals surface area contributed by atoms with Gasteiger partial charge in [-0.05, 0) is 24.3 Å². The molecule has 0 saturated carbocycles. The van der Waals surface area contributed by atoms with Gasteiger partial charge in [-0.25, -0.2) is 17.2 Å². The Hall–Kier alpha value is -2.75. The molecule has 2 aromatic rings. The number of sulfone groups is 1. The quantitative estimate of drug-likeness (QED) is 0.456. The smallest absolute Gasteiger partial charge is 0.310 e. The maximum absolute atomic E-state index is 13.4. The number of ether oxygens (including phenoxy) is 1. The van der Waals surface area contributed by atoms with Crippen LogP contribution in [0.3, 0.4) is 0 Å². The van der Waals surface area contributed by atoms with Crippen molar-refractivity contribution in [1.82, 2.24) is 0 Å². The Balaban J connectivity index is 2.09. The Labute approximate surface area is 142 Å². The zero-order valence-electron chi connectivity index (χ0n) is 13.0. The molecule has 134 valence electrons. The van der Waals surface area contributed by atoms with E-state index in [4.69, 9.17) is 4.74 Å². The van der Waals surface area contributed by atoms with Crippen LogP contribution in [0, 0.1) is 21.7 Å². The molecule has 2 rings (SSSR count). The second-order valence-corrected chi connectivity index (χ2v) is 7.02. The number of hydrogen-bond donors (Lipinski definition) is 1. The average molecular weight is 372 g/mol. The Morgan fingerprint density at radius 3 is 2.56 bits per heavy atom. The predicted molar refractivity (Wildman–Crippen MR) is 86.5 cm³/mol. The van der Waals surface area contributed by atoms with Crippen molar-refractivity contribution in [2.45, 2.75) is 4.90 Å². The molecule has 0 heterocycles. The number of halogens is 2. The maximum Gasteiger partial charge on any atom is 0.310 e. The van der Waals surface area contributed by atoms with Gasteiger partial charge in [0, 0.05) is 18.9 Å². The van der Waals surface area contributed by atoms with Crippen molar-refractivity contribution in [3.8, 4) is 5.75 Å². The van der Waals surface area contributed by atoms with Gasteiger partial charge in [-0.3, -0.25) is 10.1 Å². The van der Waals surface area contributed by atoms with E-state index >= 15 is 0 Å². The number of benzene rings is 2. The van der Waals surface area contributed by atoms with Crippen molar-refractivity contribution >= 4 is 21.2 Å². The molecular weight excluding hydrogens is 358 g/mol. The standard InChI is InChI=1S/C15H14F2N2O5S/c1-25(22,23)14-4-2-3-12(15(14)19(20)21)18-7-8-24-13-6-5-10(16)9-11(13)17/h2-6,9,18H,7-8H2,1H3. The second-order valence-electron chi connectivity index (χ2n) is 5.03. The molecule has 25 heavy (non-hydrogen) atoms. The molecule has 0 spiro atoms. The summed E-state index contributed by atoms with van der Waals surface area (Å²) >= 11 is 0. The van der Waals surface area contributed by atoms with Crippen LogP contribution in [0.15, 0.2) is 41.3 Å². The van der Waals surface area contributed by atoms with Crippen LogP contribution < -0.4 is 10.1 Å². The van der Waals surface area contributed by atoms with Gasteiger partial charge in [-0.15, -0.1) is 0 Å². The number of hydrogen-bond acceptors (Lipinski definition) is 6. The lowest BCUT2D eigenvalue weighted by Crippen LogP contribution is -2.14. The van der Waals surface area contributed by atoms with Crippen LogP contribution in [0.4, 0.5) is 20.2 Å². The van der Waals surface area contributed by atoms with Gasteiger partial charge in [0.25, 0.3) is 0 Å². The van der Waals surface area contributed by atoms with Crippen molar-refractivity contribution in [3.63, 3.8) is 0 Å². The van der Waals surface area contributed by atoms with Crippen LogP contribution in [-0.2, 0) is 9.84 Å². The van der Waals surface area contributed by atoms with E-state index in [0.717, 1.165) is 24.5 Å². The number of nitro groups is 1. The van der Waals surface area contributed by atoms with E-state index in [1.165, 1.54) is 12.1 Å². The largest absolute Gasteiger partial charge is 0.489 e. The molecule has 0 atom stereocenters. The Bertz CT molecular complexity index is 903. The molecular formula is C15H14F2N2O5S. The fourth-order valence-electron chi connectivity index (χ4n) is 2.09. The second kappa shape index (κ2) is 7.43. The molecule has 0 bridgehead atoms. The number of nitro benzene ring substituents is 1. The summed E-state index contributed by atoms with van der Waals surface area (Å²) < 4.78 is 54.6. The molecule has 0 saturated heterocycles. The van der Waals surface area contributed by atoms with E-state index in [2.05, 4.69) is 5.32 Å². The van der Waals surface area contributed by atoms with Crippen molar-refractivity contribution < 1.29 is 26.9 Å². The number of nitrogens with one attached hydrogen (secondary N) is 1. The van der Waals surface area contributed by atoms with E-state index in [0.29, 0.717) is 6.07 Å². The number of nitrogens with zero attached hydrogens (tertiary/aromatic N) is 1. The summed E-state index contributed by atoms with van der Waals surface area (Å²) in [6.45, 7) is -0.0479. The van der Waals surface area contributed by atoms with Crippen LogP contribution >= 0.6 is 0 Å². The highest BCUT2D eigenvalue weighted by atomic mass is 32.2. The third kappa shape index (κ3) is 4.63. The Morgan fingerprint density at radius 1 is 1.24 bits per heavy atom. The maximum atomic E-state index is 13.4. The first-order chi connectivity index (χ1) is 11.7. The number of rotatable bonds is 7. The highest BCUT2D eigenvalue weighted by Gasteiger charge is 2.25. The van der Waals surface area contributed by atoms with E-state index in [1.807, 2.05) is 0 Å². The molecule has 10 heteroatoms. The third-order valence-electron chi connectivity index (χ3n) is 3.15. The molecule has 0 unspecified atom stereocenters. The molecule has 0 radical (unpaired) electrons. The van der Waals surface area contributed by atoms with Crippen LogP contribution in [0.25, 0.3) is 0 Å². The number of para-hydroxylation sites is 1. The lowest BCUT2D eigenvalue weighted by Gasteiger charge is -2.11. The van der Waals surface area contributed by atoms with Gasteiger partial charge < -0.3 is 10.1 Å². The molecule has 0 fully saturated rings. The third-order valence-corrected chi connectivity index (χ3v) is 4.28. The van der Waals surface area contributed by atoms with Gasteiger partial charge in [0.1, 0.15) is 23.0 Å². The van der Waals surface area contributed by atoms with Gasteiger partial charge in [0.2, 0.25) is 0 Å². The first kappa shape index (κ1) is 18.6. The lowest BCUT2D eigenvalue weighted by atomic mass is 10.2. The minimum absolute atomic E-state index is 0.00361. The van der Waals surface area contributed by atoms with Gasteiger partial charge in [0.05, 0.1) is 4.92 Å². The van der Waals surface area contributed by atoms with Gasteiger partial charge in [0.15, 0.2) is 21.4 Å². The Morgan fingerprint density at radius 2 is 1.96 bits per heavy atom. The normalized spacial score (nSPS) is 11.2. The highest BCUT2D eigenvalue weighted by molar-refractivity contribution is 7.90. The molecule has 0 aliphatic carbocycles. The molecule has 7 nitrogen and oxygen atoms in total. The molecule has 0 aromatic heterocycles. The van der Waals surface area contributed by atoms with E-state index in [1.54, 1.807) is 0 Å². The van der Waals surface area contributed by atoms with Crippen molar-refractivity contribution in [2.75, 3.05) is 24.7 Å². The SMILES string of the molecule is CS(=O)(=O)c1cccc(NCCOc2ccc(F)cc2F)c1[N+](=O)[O-]. The monoisotopic (exact) mass is 372 g/mol. The van der Waals surface area contributed by atoms with Crippen LogP contribution in [-0.4, -0.2) is 32.7 Å². The summed E-state index contributed by atoms with van der Waals surface area (Å²) in [4.78, 5) is 10.0. The summed E-state index contributed by atoms with van der Waals surface area (Å²) in [6.07, 6.45) is 0.875. The molecule has 0 aliphatic heterocycles. The first-order valence-electron chi connectivity index (χ1n) is 6.99. The minimum atomic E-state index is -3.78. The van der Waals surface area contributed by atoms with Crippen molar-refractivity contribution in [1.29, 1.82) is 0 Å². The number of anilines is 1. The van der Waals surface area contributed by atoms with E-state index in [-0.39, 0.29) is 24.6 Å². The minimum Gasteiger partial charge on any atom is -0.489 e. The van der Waals surface area contributed by atoms with Crippen molar-refractivity contribution in [2.24, 2.45) is 0 Å².